The molecule has 6 rings (SSSR count). The second-order valence-corrected chi connectivity index (χ2v) is 8.74. The fraction of sp³-hybridized carbons (Fsp3) is 0.208. The van der Waals surface area contributed by atoms with E-state index in [2.05, 4.69) is 27.9 Å². The molecule has 0 spiro atoms. The lowest BCUT2D eigenvalue weighted by atomic mass is 9.78. The highest BCUT2D eigenvalue weighted by Gasteiger charge is 2.42. The lowest BCUT2D eigenvalue weighted by Crippen LogP contribution is -2.54. The monoisotopic (exact) mass is 500 g/mol. The average molecular weight is 501 g/mol. The lowest BCUT2D eigenvalue weighted by molar-refractivity contribution is -0.128. The number of amides is 1. The van der Waals surface area contributed by atoms with Gasteiger partial charge in [0.25, 0.3) is 0 Å². The van der Waals surface area contributed by atoms with Gasteiger partial charge in [0.05, 0.1) is 28.4 Å². The van der Waals surface area contributed by atoms with Crippen molar-refractivity contribution in [2.24, 2.45) is 5.92 Å². The van der Waals surface area contributed by atoms with Crippen molar-refractivity contribution in [1.29, 1.82) is 0 Å². The first-order valence-corrected chi connectivity index (χ1v) is 11.2. The molecule has 0 unspecified atom stereocenters. The Morgan fingerprint density at radius 1 is 1.29 bits per heavy atom. The Labute approximate surface area is 204 Å². The number of rotatable bonds is 6. The van der Waals surface area contributed by atoms with Gasteiger partial charge in [-0.15, -0.1) is 0 Å². The van der Waals surface area contributed by atoms with E-state index in [9.17, 15) is 9.18 Å². The van der Waals surface area contributed by atoms with Crippen LogP contribution in [0.4, 0.5) is 15.9 Å². The predicted octanol–water partition coefficient (Wildman–Crippen LogP) is 5.16. The number of nitrogens with one attached hydrogen (secondary N) is 1. The third-order valence-corrected chi connectivity index (χ3v) is 6.72. The summed E-state index contributed by atoms with van der Waals surface area (Å²) >= 11 is 11.8. The summed E-state index contributed by atoms with van der Waals surface area (Å²) < 4.78 is 26.5. The summed E-state index contributed by atoms with van der Waals surface area (Å²) in [6, 6.07) is 6.47. The molecule has 7 nitrogen and oxygen atoms in total. The Morgan fingerprint density at radius 3 is 2.82 bits per heavy atom. The van der Waals surface area contributed by atoms with Crippen molar-refractivity contribution in [3.05, 3.63) is 70.8 Å². The van der Waals surface area contributed by atoms with E-state index in [1.165, 1.54) is 24.5 Å². The van der Waals surface area contributed by atoms with Crippen molar-refractivity contribution in [1.82, 2.24) is 14.9 Å². The molecule has 0 radical (unpaired) electrons. The van der Waals surface area contributed by atoms with E-state index in [4.69, 9.17) is 32.7 Å². The second-order valence-electron chi connectivity index (χ2n) is 7.96. The number of anilines is 2. The fourth-order valence-electron chi connectivity index (χ4n) is 4.21. The first kappa shape index (κ1) is 22.4. The normalized spacial score (nSPS) is 18.7. The number of ether oxygens (including phenoxy) is 2. The van der Waals surface area contributed by atoms with E-state index < -0.39 is 5.82 Å². The minimum Gasteiger partial charge on any atom is -0.493 e. The van der Waals surface area contributed by atoms with Crippen LogP contribution in [0.15, 0.2) is 54.9 Å². The minimum absolute atomic E-state index is 0.0722. The Balaban J connectivity index is 1.46. The standard InChI is InChI=1S/C24H19Cl2FN4O3/c1-3-20(32)31-9-12-6-13(10-31)23(12)34-19-7-14-17(8-18(19)33-2)28-11-29-24(14)30-16-5-4-15(25)21(26)22(16)27/h3-8,11-12,23H,1,9-10H2,2H3,(H,28,29,30)/t12-,23+/m1/s1. The molecule has 3 aromatic rings. The molecule has 1 fully saturated rings. The van der Waals surface area contributed by atoms with Gasteiger partial charge >= 0.3 is 0 Å². The Kier molecular flexibility index (Phi) is 5.79. The summed E-state index contributed by atoms with van der Waals surface area (Å²) in [6.07, 6.45) is 4.63. The van der Waals surface area contributed by atoms with Gasteiger partial charge in [-0.3, -0.25) is 4.79 Å². The first-order chi connectivity index (χ1) is 16.4. The number of carbonyl (C=O) groups is 1. The van der Waals surface area contributed by atoms with Crippen LogP contribution in [0.3, 0.4) is 0 Å². The zero-order chi connectivity index (χ0) is 24.0. The van der Waals surface area contributed by atoms with Gasteiger partial charge in [-0.05, 0) is 29.8 Å². The van der Waals surface area contributed by atoms with Crippen LogP contribution >= 0.6 is 23.2 Å². The van der Waals surface area contributed by atoms with Crippen molar-refractivity contribution < 1.29 is 18.7 Å². The number of benzene rings is 2. The van der Waals surface area contributed by atoms with E-state index in [0.29, 0.717) is 41.3 Å². The number of nitrogens with zero attached hydrogens (tertiary/aromatic N) is 3. The molecule has 34 heavy (non-hydrogen) atoms. The zero-order valence-electron chi connectivity index (χ0n) is 18.0. The quantitative estimate of drug-likeness (QED) is 0.286. The van der Waals surface area contributed by atoms with Crippen molar-refractivity contribution in [2.45, 2.75) is 6.10 Å². The highest BCUT2D eigenvalue weighted by molar-refractivity contribution is 6.42. The SMILES string of the molecule is C=CC(=O)N1CC2=C[C@H](C1)[C@@H]2Oc1cc2c(Nc3ccc(Cl)c(Cl)c3F)ncnc2cc1OC. The second kappa shape index (κ2) is 8.77. The minimum atomic E-state index is -0.682. The van der Waals surface area contributed by atoms with Gasteiger partial charge in [-0.25, -0.2) is 14.4 Å². The molecule has 3 aliphatic rings. The molecule has 2 bridgehead atoms. The number of hydrogen-bond donors (Lipinski definition) is 1. The van der Waals surface area contributed by atoms with Gasteiger partial charge in [0, 0.05) is 30.5 Å². The lowest BCUT2D eigenvalue weighted by Gasteiger charge is -2.45. The van der Waals surface area contributed by atoms with Crippen LogP contribution in [0.2, 0.25) is 10.0 Å². The maximum atomic E-state index is 14.6. The van der Waals surface area contributed by atoms with E-state index in [-0.39, 0.29) is 33.7 Å². The van der Waals surface area contributed by atoms with Crippen LogP contribution < -0.4 is 14.8 Å². The molecule has 1 aromatic heterocycles. The topological polar surface area (TPSA) is 76.6 Å². The van der Waals surface area contributed by atoms with E-state index >= 15 is 0 Å². The smallest absolute Gasteiger partial charge is 0.246 e. The number of hydrogen-bond acceptors (Lipinski definition) is 6. The van der Waals surface area contributed by atoms with E-state index in [1.54, 1.807) is 24.1 Å². The number of piperidine rings is 1. The molecule has 10 heteroatoms. The molecular formula is C24H19Cl2FN4O3. The van der Waals surface area contributed by atoms with Gasteiger partial charge < -0.3 is 19.7 Å². The molecule has 1 saturated heterocycles. The van der Waals surface area contributed by atoms with Crippen LogP contribution in [0.25, 0.3) is 10.9 Å². The van der Waals surface area contributed by atoms with Gasteiger partial charge in [-0.2, -0.15) is 0 Å². The largest absolute Gasteiger partial charge is 0.493 e. The van der Waals surface area contributed by atoms with Crippen LogP contribution in [0.1, 0.15) is 0 Å². The molecule has 3 heterocycles. The predicted molar refractivity (Wildman–Crippen MR) is 129 cm³/mol. The van der Waals surface area contributed by atoms with Crippen molar-refractivity contribution in [3.63, 3.8) is 0 Å². The number of carbonyl (C=O) groups excluding carboxylic acids is 1. The Hall–Kier alpha value is -3.36. The molecule has 2 atom stereocenters. The molecule has 1 amide bonds. The van der Waals surface area contributed by atoms with Crippen LogP contribution in [0.5, 0.6) is 11.5 Å². The number of fused-ring (bicyclic) bond motifs is 3. The molecular weight excluding hydrogens is 482 g/mol. The molecule has 1 aliphatic carbocycles. The molecule has 2 aromatic carbocycles. The zero-order valence-corrected chi connectivity index (χ0v) is 19.5. The Morgan fingerprint density at radius 2 is 2.12 bits per heavy atom. The summed E-state index contributed by atoms with van der Waals surface area (Å²) in [4.78, 5) is 22.3. The number of halogens is 3. The molecule has 0 saturated carbocycles. The summed E-state index contributed by atoms with van der Waals surface area (Å²) in [5.74, 6) is 0.654. The number of methoxy groups -OCH3 is 1. The van der Waals surface area contributed by atoms with E-state index in [1.807, 2.05) is 0 Å². The van der Waals surface area contributed by atoms with E-state index in [0.717, 1.165) is 5.57 Å². The molecule has 174 valence electrons. The average Bonchev–Trinajstić information content (AvgIpc) is 2.86. The highest BCUT2D eigenvalue weighted by Crippen LogP contribution is 2.41. The summed E-state index contributed by atoms with van der Waals surface area (Å²) in [5.41, 5.74) is 1.73. The van der Waals surface area contributed by atoms with Crippen molar-refractivity contribution >= 4 is 51.5 Å². The van der Waals surface area contributed by atoms with Crippen molar-refractivity contribution in [2.75, 3.05) is 25.5 Å². The highest BCUT2D eigenvalue weighted by atomic mass is 35.5. The molecule has 2 aliphatic heterocycles. The summed E-state index contributed by atoms with van der Waals surface area (Å²) in [7, 11) is 1.55. The van der Waals surface area contributed by atoms with Gasteiger partial charge in [-0.1, -0.05) is 35.9 Å². The Bertz CT molecular complexity index is 1360. The van der Waals surface area contributed by atoms with Crippen LogP contribution in [-0.2, 0) is 4.79 Å². The van der Waals surface area contributed by atoms with Crippen molar-refractivity contribution in [3.8, 4) is 11.5 Å². The number of aromatic nitrogens is 2. The third kappa shape index (κ3) is 3.82. The van der Waals surface area contributed by atoms with Gasteiger partial charge in [0.1, 0.15) is 18.2 Å². The van der Waals surface area contributed by atoms with Crippen LogP contribution in [-0.4, -0.2) is 47.1 Å². The fourth-order valence-corrected chi connectivity index (χ4v) is 4.52. The molecule has 1 N–H and O–H groups in total. The third-order valence-electron chi connectivity index (χ3n) is 5.94. The first-order valence-electron chi connectivity index (χ1n) is 10.4. The van der Waals surface area contributed by atoms with Gasteiger partial charge in [0.2, 0.25) is 5.91 Å². The summed E-state index contributed by atoms with van der Waals surface area (Å²) in [5, 5.41) is 3.51. The maximum Gasteiger partial charge on any atom is 0.246 e. The van der Waals surface area contributed by atoms with Gasteiger partial charge in [0.15, 0.2) is 17.3 Å². The maximum absolute atomic E-state index is 14.6. The summed E-state index contributed by atoms with van der Waals surface area (Å²) in [6.45, 7) is 4.60. The van der Waals surface area contributed by atoms with Crippen LogP contribution in [0, 0.1) is 11.7 Å².